The fourth-order valence-corrected chi connectivity index (χ4v) is 5.46. The molecule has 3 saturated heterocycles. The number of carbonyl (C=O) groups excluding carboxylic acids is 1. The Kier molecular flexibility index (Phi) is 5.80. The number of aliphatic hydroxyl groups is 1. The number of amides is 2. The summed E-state index contributed by atoms with van der Waals surface area (Å²) in [5.74, 6) is 2.59. The second-order valence-corrected chi connectivity index (χ2v) is 8.85. The van der Waals surface area contributed by atoms with Gasteiger partial charge in [0.05, 0.1) is 24.5 Å². The molecule has 3 heterocycles. The van der Waals surface area contributed by atoms with Crippen LogP contribution in [0.5, 0.6) is 0 Å². The first kappa shape index (κ1) is 21.3. The van der Waals surface area contributed by atoms with E-state index < -0.39 is 6.10 Å². The number of hydrogen-bond donors (Lipinski definition) is 1. The van der Waals surface area contributed by atoms with Crippen LogP contribution in [0.25, 0.3) is 0 Å². The van der Waals surface area contributed by atoms with Gasteiger partial charge >= 0.3 is 6.03 Å². The van der Waals surface area contributed by atoms with Crippen molar-refractivity contribution in [2.24, 2.45) is 11.1 Å². The molecule has 1 aromatic rings. The van der Waals surface area contributed by atoms with Crippen LogP contribution in [0.2, 0.25) is 0 Å². The van der Waals surface area contributed by atoms with Gasteiger partial charge in [-0.25, -0.2) is 4.79 Å². The number of aliphatic hydroxyl groups excluding tert-OH is 1. The van der Waals surface area contributed by atoms with Crippen molar-refractivity contribution in [2.45, 2.75) is 63.0 Å². The van der Waals surface area contributed by atoms with Crippen LogP contribution in [-0.2, 0) is 9.57 Å². The molecule has 32 heavy (non-hydrogen) atoms. The van der Waals surface area contributed by atoms with E-state index in [0.29, 0.717) is 26.2 Å². The Morgan fingerprint density at radius 3 is 2.94 bits per heavy atom. The van der Waals surface area contributed by atoms with Gasteiger partial charge in [-0.05, 0) is 24.8 Å². The molecule has 0 bridgehead atoms. The molecular formula is C24H30N4O4. The van der Waals surface area contributed by atoms with Gasteiger partial charge in [-0.15, -0.1) is 12.3 Å². The monoisotopic (exact) mass is 438 g/mol. The summed E-state index contributed by atoms with van der Waals surface area (Å²) < 4.78 is 5.78. The third kappa shape index (κ3) is 3.54. The van der Waals surface area contributed by atoms with E-state index in [1.54, 1.807) is 5.01 Å². The summed E-state index contributed by atoms with van der Waals surface area (Å²) in [5.41, 5.74) is 1.98. The molecule has 4 fully saturated rings. The first-order chi connectivity index (χ1) is 15.7. The first-order valence-corrected chi connectivity index (χ1v) is 11.5. The van der Waals surface area contributed by atoms with E-state index in [0.717, 1.165) is 30.5 Å². The maximum atomic E-state index is 13.4. The normalized spacial score (nSPS) is 33.3. The van der Waals surface area contributed by atoms with Crippen molar-refractivity contribution in [3.63, 3.8) is 0 Å². The highest BCUT2D eigenvalue weighted by molar-refractivity contribution is 5.95. The number of terminal acetylenes is 1. The summed E-state index contributed by atoms with van der Waals surface area (Å²) in [7, 11) is 0. The predicted octanol–water partition coefficient (Wildman–Crippen LogP) is 2.37. The summed E-state index contributed by atoms with van der Waals surface area (Å²) in [6.07, 6.45) is 7.09. The number of hydrazine groups is 1. The number of carbonyl (C=O) groups is 1. The molecule has 5 rings (SSSR count). The van der Waals surface area contributed by atoms with Gasteiger partial charge in [0, 0.05) is 18.9 Å². The number of urea groups is 1. The van der Waals surface area contributed by atoms with Crippen molar-refractivity contribution in [1.82, 2.24) is 14.9 Å². The minimum Gasteiger partial charge on any atom is -0.396 e. The molecule has 4 aliphatic rings. The number of unbranched alkanes of at least 4 members (excludes halogenated alkanes) is 1. The van der Waals surface area contributed by atoms with E-state index in [2.05, 4.69) is 30.1 Å². The lowest BCUT2D eigenvalue weighted by atomic mass is 9.77. The first-order valence-electron chi connectivity index (χ1n) is 11.5. The molecule has 2 amide bonds. The Balaban J connectivity index is 1.36. The Morgan fingerprint density at radius 2 is 2.19 bits per heavy atom. The van der Waals surface area contributed by atoms with Crippen molar-refractivity contribution >= 4 is 11.7 Å². The van der Waals surface area contributed by atoms with E-state index in [9.17, 15) is 9.90 Å². The Bertz CT molecular complexity index is 916. The van der Waals surface area contributed by atoms with E-state index in [1.165, 1.54) is 0 Å². The summed E-state index contributed by atoms with van der Waals surface area (Å²) in [6.45, 7) is 3.59. The molecule has 1 saturated carbocycles. The van der Waals surface area contributed by atoms with Crippen LogP contribution in [0.4, 0.5) is 4.79 Å². The number of nitrogens with zero attached hydrogens (tertiary/aromatic N) is 4. The molecule has 0 radical (unpaired) electrons. The van der Waals surface area contributed by atoms with Crippen LogP contribution >= 0.6 is 0 Å². The summed E-state index contributed by atoms with van der Waals surface area (Å²) >= 11 is 0. The van der Waals surface area contributed by atoms with Gasteiger partial charge in [0.1, 0.15) is 24.9 Å². The highest BCUT2D eigenvalue weighted by atomic mass is 16.6. The summed E-state index contributed by atoms with van der Waals surface area (Å²) in [5, 5.41) is 19.3. The third-order valence-corrected chi connectivity index (χ3v) is 7.04. The average Bonchev–Trinajstić information content (AvgIpc) is 3.55. The van der Waals surface area contributed by atoms with Gasteiger partial charge in [0.2, 0.25) is 0 Å². The van der Waals surface area contributed by atoms with Crippen molar-refractivity contribution in [3.05, 3.63) is 35.9 Å². The van der Waals surface area contributed by atoms with Crippen LogP contribution in [0, 0.1) is 18.3 Å². The maximum absolute atomic E-state index is 13.4. The van der Waals surface area contributed by atoms with Crippen molar-refractivity contribution in [2.75, 3.05) is 19.8 Å². The van der Waals surface area contributed by atoms with Crippen LogP contribution < -0.4 is 0 Å². The van der Waals surface area contributed by atoms with Gasteiger partial charge in [0.15, 0.2) is 0 Å². The summed E-state index contributed by atoms with van der Waals surface area (Å²) in [6, 6.07) is 9.85. The van der Waals surface area contributed by atoms with E-state index in [-0.39, 0.29) is 36.2 Å². The number of ether oxygens (including phenoxy) is 1. The molecule has 8 heteroatoms. The zero-order valence-corrected chi connectivity index (χ0v) is 18.3. The molecule has 0 spiro atoms. The standard InChI is InChI=1S/C24H30N4O4/c1-3-5-9-14-31-25-19-17-12-13-27-24(30)26(18(4-2)16-10-7-6-8-11-16)15-28(27)20(17)21(29)23-22(19)32-23/h1,6-8,10-11,17-18,20-23,29H,4-5,9,12-15H2,2H3/b25-19-/t17-,18+,20-,21+,22-,23+/m1/s1. The molecule has 0 aromatic heterocycles. The van der Waals surface area contributed by atoms with Gasteiger partial charge in [-0.1, -0.05) is 42.4 Å². The van der Waals surface area contributed by atoms with E-state index in [4.69, 9.17) is 16.0 Å². The van der Waals surface area contributed by atoms with E-state index >= 15 is 0 Å². The molecule has 1 aliphatic carbocycles. The van der Waals surface area contributed by atoms with Gasteiger partial charge in [-0.2, -0.15) is 5.01 Å². The van der Waals surface area contributed by atoms with Crippen LogP contribution in [0.15, 0.2) is 35.5 Å². The number of hydrogen-bond acceptors (Lipinski definition) is 6. The lowest BCUT2D eigenvalue weighted by molar-refractivity contribution is -0.0977. The zero-order chi connectivity index (χ0) is 22.2. The SMILES string of the molecule is C#CCCCO/N=C1/[C@H]2CCN3C(=O)N([C@@H](CC)c4ccccc4)CN3[C@H]2[C@H](O)[C@@H]2O[C@H]12. The Hall–Kier alpha value is -2.60. The van der Waals surface area contributed by atoms with Gasteiger partial charge in [0.25, 0.3) is 0 Å². The zero-order valence-electron chi connectivity index (χ0n) is 18.3. The smallest absolute Gasteiger partial charge is 0.336 e. The number of rotatable bonds is 7. The molecule has 6 atom stereocenters. The van der Waals surface area contributed by atoms with Crippen molar-refractivity contribution < 1.29 is 19.5 Å². The molecule has 0 unspecified atom stereocenters. The second kappa shape index (κ2) is 8.74. The van der Waals surface area contributed by atoms with Gasteiger partial charge < -0.3 is 19.6 Å². The fraction of sp³-hybridized carbons (Fsp3) is 0.583. The lowest BCUT2D eigenvalue weighted by Crippen LogP contribution is -2.63. The molecule has 1 N–H and O–H groups in total. The van der Waals surface area contributed by atoms with Crippen LogP contribution in [-0.4, -0.2) is 75.9 Å². The average molecular weight is 439 g/mol. The van der Waals surface area contributed by atoms with Crippen LogP contribution in [0.3, 0.4) is 0 Å². The number of epoxide rings is 1. The summed E-state index contributed by atoms with van der Waals surface area (Å²) in [4.78, 5) is 20.8. The Morgan fingerprint density at radius 1 is 1.38 bits per heavy atom. The van der Waals surface area contributed by atoms with Crippen molar-refractivity contribution in [3.8, 4) is 12.3 Å². The largest absolute Gasteiger partial charge is 0.396 e. The molecule has 3 aliphatic heterocycles. The molecule has 1 aromatic carbocycles. The molecular weight excluding hydrogens is 408 g/mol. The number of fused-ring (bicyclic) bond motifs is 4. The lowest BCUT2D eigenvalue weighted by Gasteiger charge is -2.46. The third-order valence-electron chi connectivity index (χ3n) is 7.04. The highest BCUT2D eigenvalue weighted by Gasteiger charge is 2.64. The highest BCUT2D eigenvalue weighted by Crippen LogP contribution is 2.46. The Labute approximate surface area is 188 Å². The number of oxime groups is 1. The topological polar surface area (TPSA) is 81.1 Å². The maximum Gasteiger partial charge on any atom is 0.336 e. The minimum absolute atomic E-state index is 0.00536. The molecule has 170 valence electrons. The predicted molar refractivity (Wildman–Crippen MR) is 118 cm³/mol. The van der Waals surface area contributed by atoms with E-state index in [1.807, 2.05) is 28.1 Å². The fourth-order valence-electron chi connectivity index (χ4n) is 5.46. The van der Waals surface area contributed by atoms with Gasteiger partial charge in [-0.3, -0.25) is 5.01 Å². The quantitative estimate of drug-likeness (QED) is 0.306. The van der Waals surface area contributed by atoms with Crippen molar-refractivity contribution in [1.29, 1.82) is 0 Å². The minimum atomic E-state index is -0.669. The molecule has 8 nitrogen and oxygen atoms in total. The second-order valence-electron chi connectivity index (χ2n) is 8.85. The number of benzene rings is 1. The van der Waals surface area contributed by atoms with Crippen LogP contribution in [0.1, 0.15) is 44.2 Å².